The normalized spacial score (nSPS) is 12.3. The summed E-state index contributed by atoms with van der Waals surface area (Å²) in [5.41, 5.74) is 5.00. The van der Waals surface area contributed by atoms with Crippen LogP contribution in [0, 0.1) is 0 Å². The molecule has 0 spiro atoms. The van der Waals surface area contributed by atoms with Gasteiger partial charge in [0.05, 0.1) is 0 Å². The molecule has 1 unspecified atom stereocenters. The Morgan fingerprint density at radius 2 is 1.81 bits per heavy atom. The van der Waals surface area contributed by atoms with Crippen LogP contribution in [0.2, 0.25) is 0 Å². The minimum atomic E-state index is 0.326. The lowest BCUT2D eigenvalue weighted by Crippen LogP contribution is -2.20. The third kappa shape index (κ3) is 4.09. The number of nitrogens with one attached hydrogen (secondary N) is 1. The number of furan rings is 1. The lowest BCUT2D eigenvalue weighted by Gasteiger charge is -2.14. The van der Waals surface area contributed by atoms with Gasteiger partial charge in [0.2, 0.25) is 0 Å². The number of nitrogens with zero attached hydrogens (tertiary/aromatic N) is 1. The second kappa shape index (κ2) is 8.19. The maximum absolute atomic E-state index is 5.95. The van der Waals surface area contributed by atoms with Crippen molar-refractivity contribution < 1.29 is 4.42 Å². The van der Waals surface area contributed by atoms with Gasteiger partial charge in [-0.2, -0.15) is 0 Å². The van der Waals surface area contributed by atoms with E-state index >= 15 is 0 Å². The predicted octanol–water partition coefficient (Wildman–Crippen LogP) is 5.73. The topological polar surface area (TPSA) is 38.1 Å². The molecule has 1 N–H and O–H groups in total. The van der Waals surface area contributed by atoms with Crippen LogP contribution in [-0.2, 0) is 6.42 Å². The summed E-state index contributed by atoms with van der Waals surface area (Å²) in [5, 5.41) is 3.64. The van der Waals surface area contributed by atoms with E-state index in [0.717, 1.165) is 36.5 Å². The second-order valence-corrected chi connectivity index (χ2v) is 6.86. The van der Waals surface area contributed by atoms with E-state index < -0.39 is 0 Å². The maximum Gasteiger partial charge on any atom is 0.135 e. The summed E-state index contributed by atoms with van der Waals surface area (Å²) in [6.07, 6.45) is 5.57. The average molecular weight is 356 g/mol. The highest BCUT2D eigenvalue weighted by atomic mass is 16.3. The number of fused-ring (bicyclic) bond motifs is 1. The number of pyridine rings is 1. The lowest BCUT2D eigenvalue weighted by atomic mass is 10.0. The zero-order valence-electron chi connectivity index (χ0n) is 15.6. The van der Waals surface area contributed by atoms with Crippen LogP contribution in [0.3, 0.4) is 0 Å². The Morgan fingerprint density at radius 1 is 0.926 bits per heavy atom. The van der Waals surface area contributed by atoms with E-state index in [4.69, 9.17) is 4.42 Å². The van der Waals surface area contributed by atoms with Gasteiger partial charge in [-0.3, -0.25) is 4.98 Å². The van der Waals surface area contributed by atoms with Gasteiger partial charge in [-0.05, 0) is 60.8 Å². The Hall–Kier alpha value is -2.91. The number of aryl methyl sites for hydroxylation is 1. The van der Waals surface area contributed by atoms with Crippen LogP contribution in [0.15, 0.2) is 83.5 Å². The van der Waals surface area contributed by atoms with Crippen molar-refractivity contribution in [2.24, 2.45) is 0 Å². The van der Waals surface area contributed by atoms with Crippen molar-refractivity contribution in [2.45, 2.75) is 25.8 Å². The van der Waals surface area contributed by atoms with Gasteiger partial charge in [0.25, 0.3) is 0 Å². The van der Waals surface area contributed by atoms with Crippen molar-refractivity contribution in [1.29, 1.82) is 0 Å². The molecule has 0 saturated carbocycles. The fraction of sp³-hybridized carbons (Fsp3) is 0.208. The molecule has 0 aromatic carbocycles. The highest BCUT2D eigenvalue weighted by Gasteiger charge is 2.13. The molecular formula is C24H24N2O. The first-order valence-corrected chi connectivity index (χ1v) is 9.51. The van der Waals surface area contributed by atoms with Gasteiger partial charge < -0.3 is 9.73 Å². The molecule has 3 heteroatoms. The average Bonchev–Trinajstić information content (AvgIpc) is 3.27. The summed E-state index contributed by atoms with van der Waals surface area (Å²) in [7, 11) is 0. The number of aromatic nitrogens is 1. The monoisotopic (exact) mass is 356 g/mol. The van der Waals surface area contributed by atoms with Gasteiger partial charge in [0.1, 0.15) is 11.5 Å². The molecule has 136 valence electrons. The third-order valence-electron chi connectivity index (χ3n) is 4.95. The molecule has 3 nitrogen and oxygen atoms in total. The van der Waals surface area contributed by atoms with Crippen LogP contribution in [-0.4, -0.2) is 11.5 Å². The van der Waals surface area contributed by atoms with Gasteiger partial charge in [0, 0.05) is 30.4 Å². The van der Waals surface area contributed by atoms with Crippen LogP contribution in [0.5, 0.6) is 0 Å². The van der Waals surface area contributed by atoms with E-state index in [1.807, 2.05) is 24.4 Å². The molecule has 2 aliphatic carbocycles. The molecule has 2 aromatic rings. The van der Waals surface area contributed by atoms with E-state index in [1.54, 1.807) is 6.20 Å². The number of hydrogen-bond acceptors (Lipinski definition) is 3. The number of hydrogen-bond donors (Lipinski definition) is 1. The molecule has 2 aliphatic rings. The highest BCUT2D eigenvalue weighted by molar-refractivity contribution is 5.70. The Kier molecular flexibility index (Phi) is 5.31. The molecule has 0 amide bonds. The molecule has 0 aliphatic heterocycles. The molecule has 0 fully saturated rings. The van der Waals surface area contributed by atoms with Crippen molar-refractivity contribution >= 4 is 0 Å². The first-order chi connectivity index (χ1) is 13.3. The molecule has 27 heavy (non-hydrogen) atoms. The Morgan fingerprint density at radius 3 is 2.70 bits per heavy atom. The molecule has 0 radical (unpaired) electrons. The molecule has 0 bridgehead atoms. The standard InChI is InChI=1S/C24H24N2O/c1-18(22-13-11-19-7-3-2-4-10-23(19)22)26-16-6-9-21-12-14-24(27-21)20-8-5-15-25-17-20/h2-5,7-8,10-15,17-18,26H,6,9,16H2,1H3. The van der Waals surface area contributed by atoms with Crippen molar-refractivity contribution in [3.63, 3.8) is 0 Å². The zero-order valence-corrected chi connectivity index (χ0v) is 15.6. The molecule has 2 aromatic heterocycles. The van der Waals surface area contributed by atoms with Crippen LogP contribution >= 0.6 is 0 Å². The van der Waals surface area contributed by atoms with E-state index in [1.165, 1.54) is 16.7 Å². The van der Waals surface area contributed by atoms with Crippen LogP contribution in [0.1, 0.15) is 30.7 Å². The second-order valence-electron chi connectivity index (χ2n) is 6.86. The predicted molar refractivity (Wildman–Crippen MR) is 110 cm³/mol. The van der Waals surface area contributed by atoms with Crippen molar-refractivity contribution in [3.05, 3.63) is 90.4 Å². The van der Waals surface area contributed by atoms with Crippen molar-refractivity contribution in [2.75, 3.05) is 6.54 Å². The molecule has 2 heterocycles. The molecular weight excluding hydrogens is 332 g/mol. The lowest BCUT2D eigenvalue weighted by molar-refractivity contribution is 0.495. The van der Waals surface area contributed by atoms with Crippen LogP contribution in [0.25, 0.3) is 22.5 Å². The summed E-state index contributed by atoms with van der Waals surface area (Å²) >= 11 is 0. The Bertz CT molecular complexity index is 961. The zero-order chi connectivity index (χ0) is 18.5. The van der Waals surface area contributed by atoms with E-state index in [2.05, 4.69) is 65.8 Å². The van der Waals surface area contributed by atoms with Crippen LogP contribution in [0.4, 0.5) is 0 Å². The molecule has 4 rings (SSSR count). The fourth-order valence-corrected chi connectivity index (χ4v) is 3.48. The minimum absolute atomic E-state index is 0.326. The highest BCUT2D eigenvalue weighted by Crippen LogP contribution is 2.31. The Balaban J connectivity index is 1.30. The number of rotatable bonds is 7. The summed E-state index contributed by atoms with van der Waals surface area (Å²) in [6, 6.07) is 23.4. The molecule has 1 atom stereocenters. The third-order valence-corrected chi connectivity index (χ3v) is 4.95. The SMILES string of the molecule is CC(NCCCc1ccc(-c2cccnc2)o1)c1ccc2cccccc1-2. The minimum Gasteiger partial charge on any atom is -0.461 e. The van der Waals surface area contributed by atoms with E-state index in [0.29, 0.717) is 6.04 Å². The maximum atomic E-state index is 5.95. The summed E-state index contributed by atoms with van der Waals surface area (Å²) in [5.74, 6) is 1.91. The van der Waals surface area contributed by atoms with Crippen LogP contribution < -0.4 is 5.32 Å². The van der Waals surface area contributed by atoms with E-state index in [-0.39, 0.29) is 0 Å². The van der Waals surface area contributed by atoms with Gasteiger partial charge in [-0.25, -0.2) is 0 Å². The summed E-state index contributed by atoms with van der Waals surface area (Å²) < 4.78 is 5.95. The van der Waals surface area contributed by atoms with E-state index in [9.17, 15) is 0 Å². The summed E-state index contributed by atoms with van der Waals surface area (Å²) in [6.45, 7) is 3.19. The summed E-state index contributed by atoms with van der Waals surface area (Å²) in [4.78, 5) is 4.14. The van der Waals surface area contributed by atoms with Gasteiger partial charge in [-0.1, -0.05) is 42.5 Å². The molecule has 0 saturated heterocycles. The van der Waals surface area contributed by atoms with Crippen molar-refractivity contribution in [3.8, 4) is 22.5 Å². The first kappa shape index (κ1) is 17.5. The quantitative estimate of drug-likeness (QED) is 0.430. The smallest absolute Gasteiger partial charge is 0.135 e. The first-order valence-electron chi connectivity index (χ1n) is 9.51. The van der Waals surface area contributed by atoms with Gasteiger partial charge >= 0.3 is 0 Å². The Labute approximate surface area is 160 Å². The van der Waals surface area contributed by atoms with Gasteiger partial charge in [-0.15, -0.1) is 0 Å². The van der Waals surface area contributed by atoms with Crippen molar-refractivity contribution in [1.82, 2.24) is 10.3 Å². The van der Waals surface area contributed by atoms with Gasteiger partial charge in [0.15, 0.2) is 0 Å². The fourth-order valence-electron chi connectivity index (χ4n) is 3.48. The largest absolute Gasteiger partial charge is 0.461 e.